The van der Waals surface area contributed by atoms with Crippen molar-refractivity contribution in [1.82, 2.24) is 16.2 Å². The molecule has 0 radical (unpaired) electrons. The lowest BCUT2D eigenvalue weighted by atomic mass is 10.3. The Morgan fingerprint density at radius 2 is 2.18 bits per heavy atom. The van der Waals surface area contributed by atoms with Gasteiger partial charge in [0, 0.05) is 12.1 Å². The fraction of sp³-hybridized carbons (Fsp3) is 0.857. The third-order valence-corrected chi connectivity index (χ3v) is 2.00. The van der Waals surface area contributed by atoms with Crippen LogP contribution in [0.25, 0.3) is 0 Å². The molecule has 0 amide bonds. The van der Waals surface area contributed by atoms with E-state index < -0.39 is 0 Å². The van der Waals surface area contributed by atoms with E-state index in [-0.39, 0.29) is 5.54 Å². The average Bonchev–Trinajstić information content (AvgIpc) is 2.63. The summed E-state index contributed by atoms with van der Waals surface area (Å²) in [6, 6.07) is 0. The van der Waals surface area contributed by atoms with Crippen LogP contribution in [0.1, 0.15) is 26.7 Å². The number of thiocarbonyl (C=S) groups is 1. The average molecular weight is 173 g/mol. The molecule has 0 aliphatic heterocycles. The highest BCUT2D eigenvalue weighted by molar-refractivity contribution is 7.80. The van der Waals surface area contributed by atoms with E-state index in [1.54, 1.807) is 0 Å². The van der Waals surface area contributed by atoms with Crippen molar-refractivity contribution in [3.63, 3.8) is 0 Å². The van der Waals surface area contributed by atoms with Gasteiger partial charge in [-0.1, -0.05) is 6.92 Å². The second-order valence-corrected chi connectivity index (χ2v) is 3.58. The summed E-state index contributed by atoms with van der Waals surface area (Å²) < 4.78 is 0. The molecule has 0 spiro atoms. The molecule has 1 aliphatic carbocycles. The van der Waals surface area contributed by atoms with Crippen LogP contribution in [-0.2, 0) is 0 Å². The van der Waals surface area contributed by atoms with Crippen LogP contribution < -0.4 is 16.2 Å². The van der Waals surface area contributed by atoms with E-state index in [1.807, 2.05) is 6.92 Å². The zero-order valence-corrected chi connectivity index (χ0v) is 7.85. The van der Waals surface area contributed by atoms with Crippen molar-refractivity contribution in [1.29, 1.82) is 0 Å². The highest BCUT2D eigenvalue weighted by Gasteiger charge is 2.37. The zero-order valence-electron chi connectivity index (χ0n) is 7.03. The van der Waals surface area contributed by atoms with E-state index in [9.17, 15) is 0 Å². The molecule has 0 bridgehead atoms. The van der Waals surface area contributed by atoms with Gasteiger partial charge in [-0.15, -0.1) is 0 Å². The SMILES string of the molecule is CCNNC(=S)NC1(C)CC1. The van der Waals surface area contributed by atoms with Gasteiger partial charge in [-0.2, -0.15) is 0 Å². The molecule has 0 unspecified atom stereocenters. The Morgan fingerprint density at radius 3 is 2.64 bits per heavy atom. The van der Waals surface area contributed by atoms with Crippen LogP contribution >= 0.6 is 12.2 Å². The Hall–Kier alpha value is -0.350. The molecule has 0 aromatic heterocycles. The Kier molecular flexibility index (Phi) is 2.67. The summed E-state index contributed by atoms with van der Waals surface area (Å²) in [5, 5.41) is 3.92. The van der Waals surface area contributed by atoms with E-state index >= 15 is 0 Å². The van der Waals surface area contributed by atoms with Gasteiger partial charge in [0.15, 0.2) is 5.11 Å². The molecule has 1 rings (SSSR count). The van der Waals surface area contributed by atoms with Gasteiger partial charge in [0.2, 0.25) is 0 Å². The number of rotatable bonds is 3. The summed E-state index contributed by atoms with van der Waals surface area (Å²) in [5.74, 6) is 0. The maximum atomic E-state index is 5.02. The largest absolute Gasteiger partial charge is 0.357 e. The normalized spacial score (nSPS) is 19.1. The lowest BCUT2D eigenvalue weighted by molar-refractivity contribution is 0.616. The van der Waals surface area contributed by atoms with Crippen molar-refractivity contribution in [2.24, 2.45) is 0 Å². The molecule has 3 N–H and O–H groups in total. The summed E-state index contributed by atoms with van der Waals surface area (Å²) in [6.45, 7) is 5.07. The van der Waals surface area contributed by atoms with Gasteiger partial charge in [-0.05, 0) is 32.0 Å². The zero-order chi connectivity index (χ0) is 8.32. The first-order chi connectivity index (χ1) is 5.16. The van der Waals surface area contributed by atoms with Crippen LogP contribution in [0.4, 0.5) is 0 Å². The number of hydrogen-bond donors (Lipinski definition) is 3. The molecule has 0 aromatic rings. The van der Waals surface area contributed by atoms with Crippen molar-refractivity contribution in [3.05, 3.63) is 0 Å². The quantitative estimate of drug-likeness (QED) is 0.430. The lowest BCUT2D eigenvalue weighted by Crippen LogP contribution is -2.47. The Balaban J connectivity index is 2.11. The van der Waals surface area contributed by atoms with E-state index in [1.165, 1.54) is 12.8 Å². The van der Waals surface area contributed by atoms with Gasteiger partial charge in [-0.3, -0.25) is 5.43 Å². The summed E-state index contributed by atoms with van der Waals surface area (Å²) >= 11 is 5.02. The molecule has 3 nitrogen and oxygen atoms in total. The smallest absolute Gasteiger partial charge is 0.181 e. The number of nitrogens with one attached hydrogen (secondary N) is 3. The minimum Gasteiger partial charge on any atom is -0.357 e. The van der Waals surface area contributed by atoms with Gasteiger partial charge in [0.05, 0.1) is 0 Å². The van der Waals surface area contributed by atoms with E-state index in [4.69, 9.17) is 12.2 Å². The van der Waals surface area contributed by atoms with E-state index in [0.29, 0.717) is 5.11 Å². The van der Waals surface area contributed by atoms with Crippen molar-refractivity contribution >= 4 is 17.3 Å². The fourth-order valence-electron chi connectivity index (χ4n) is 0.787. The van der Waals surface area contributed by atoms with Gasteiger partial charge in [0.25, 0.3) is 0 Å². The van der Waals surface area contributed by atoms with Crippen molar-refractivity contribution in [2.75, 3.05) is 6.54 Å². The van der Waals surface area contributed by atoms with Crippen LogP contribution in [0.2, 0.25) is 0 Å². The van der Waals surface area contributed by atoms with Crippen molar-refractivity contribution in [3.8, 4) is 0 Å². The Labute approximate surface area is 72.9 Å². The predicted molar refractivity (Wildman–Crippen MR) is 50.2 cm³/mol. The lowest BCUT2D eigenvalue weighted by Gasteiger charge is -2.15. The molecule has 0 saturated heterocycles. The van der Waals surface area contributed by atoms with Crippen LogP contribution in [0.15, 0.2) is 0 Å². The second-order valence-electron chi connectivity index (χ2n) is 3.17. The molecule has 1 saturated carbocycles. The molecule has 0 atom stereocenters. The third kappa shape index (κ3) is 3.03. The van der Waals surface area contributed by atoms with E-state index in [0.717, 1.165) is 6.54 Å². The molecule has 0 aromatic carbocycles. The molecule has 64 valence electrons. The second kappa shape index (κ2) is 3.36. The van der Waals surface area contributed by atoms with Crippen molar-refractivity contribution in [2.45, 2.75) is 32.2 Å². The maximum absolute atomic E-state index is 5.02. The van der Waals surface area contributed by atoms with Crippen LogP contribution in [0.3, 0.4) is 0 Å². The molecule has 11 heavy (non-hydrogen) atoms. The Bertz CT molecular complexity index is 154. The highest BCUT2D eigenvalue weighted by Crippen LogP contribution is 2.33. The summed E-state index contributed by atoms with van der Waals surface area (Å²) in [5.41, 5.74) is 6.12. The van der Waals surface area contributed by atoms with Gasteiger partial charge < -0.3 is 5.32 Å². The number of hydrazine groups is 1. The topological polar surface area (TPSA) is 36.1 Å². The first kappa shape index (κ1) is 8.74. The molecule has 4 heteroatoms. The maximum Gasteiger partial charge on any atom is 0.181 e. The van der Waals surface area contributed by atoms with Gasteiger partial charge >= 0.3 is 0 Å². The summed E-state index contributed by atoms with van der Waals surface area (Å²) in [6.07, 6.45) is 2.45. The highest BCUT2D eigenvalue weighted by atomic mass is 32.1. The van der Waals surface area contributed by atoms with Gasteiger partial charge in [-0.25, -0.2) is 5.43 Å². The molecular weight excluding hydrogens is 158 g/mol. The molecular formula is C7H15N3S. The van der Waals surface area contributed by atoms with Crippen LogP contribution in [0.5, 0.6) is 0 Å². The molecule has 1 fully saturated rings. The van der Waals surface area contributed by atoms with Crippen LogP contribution in [-0.4, -0.2) is 17.2 Å². The van der Waals surface area contributed by atoms with Crippen LogP contribution in [0, 0.1) is 0 Å². The first-order valence-corrected chi connectivity index (χ1v) is 4.38. The minimum atomic E-state index is 0.277. The standard InChI is InChI=1S/C7H15N3S/c1-3-8-10-6(11)9-7(2)4-5-7/h8H,3-5H2,1-2H3,(H2,9,10,11). The monoisotopic (exact) mass is 173 g/mol. The minimum absolute atomic E-state index is 0.277. The summed E-state index contributed by atoms with van der Waals surface area (Å²) in [7, 11) is 0. The predicted octanol–water partition coefficient (Wildman–Crippen LogP) is 0.527. The summed E-state index contributed by atoms with van der Waals surface area (Å²) in [4.78, 5) is 0. The number of hydrogen-bond acceptors (Lipinski definition) is 2. The molecule has 1 aliphatic rings. The van der Waals surface area contributed by atoms with Gasteiger partial charge in [0.1, 0.15) is 0 Å². The Morgan fingerprint density at radius 1 is 1.55 bits per heavy atom. The van der Waals surface area contributed by atoms with E-state index in [2.05, 4.69) is 23.1 Å². The third-order valence-electron chi connectivity index (χ3n) is 1.79. The first-order valence-electron chi connectivity index (χ1n) is 3.97. The fourth-order valence-corrected chi connectivity index (χ4v) is 1.11. The molecule has 0 heterocycles. The van der Waals surface area contributed by atoms with Crippen molar-refractivity contribution < 1.29 is 0 Å².